The molecule has 32 heavy (non-hydrogen) atoms. The monoisotopic (exact) mass is 459 g/mol. The second-order valence-electron chi connectivity index (χ2n) is 8.18. The van der Waals surface area contributed by atoms with Gasteiger partial charge in [-0.25, -0.2) is 4.40 Å². The van der Waals surface area contributed by atoms with Gasteiger partial charge in [-0.2, -0.15) is 4.98 Å². The lowest BCUT2D eigenvalue weighted by molar-refractivity contribution is 1.08. The van der Waals surface area contributed by atoms with Gasteiger partial charge in [-0.1, -0.05) is 54.1 Å². The van der Waals surface area contributed by atoms with Gasteiger partial charge in [0, 0.05) is 12.4 Å². The fraction of sp³-hybridized carbons (Fsp3) is 0.160. The number of hydrogen-bond donors (Lipinski definition) is 0. The van der Waals surface area contributed by atoms with Crippen LogP contribution in [0.25, 0.3) is 27.8 Å². The number of fused-ring (bicyclic) bond motifs is 3. The van der Waals surface area contributed by atoms with Crippen LogP contribution >= 0.6 is 23.2 Å². The SMILES string of the molecule is CN(c1cc(-c2ccc(C3CC3)cc2)ccc1Cl)c1nc2nnc(Cl)n2c2ccccc12. The van der Waals surface area contributed by atoms with E-state index < -0.39 is 0 Å². The second kappa shape index (κ2) is 7.47. The van der Waals surface area contributed by atoms with Crippen molar-refractivity contribution in [3.8, 4) is 11.1 Å². The zero-order valence-electron chi connectivity index (χ0n) is 17.3. The molecule has 0 N–H and O–H groups in total. The first-order chi connectivity index (χ1) is 15.6. The number of halogens is 2. The summed E-state index contributed by atoms with van der Waals surface area (Å²) in [6, 6.07) is 22.9. The van der Waals surface area contributed by atoms with E-state index >= 15 is 0 Å². The summed E-state index contributed by atoms with van der Waals surface area (Å²) in [5.74, 6) is 1.93. The summed E-state index contributed by atoms with van der Waals surface area (Å²) >= 11 is 12.9. The fourth-order valence-electron chi connectivity index (χ4n) is 4.23. The summed E-state index contributed by atoms with van der Waals surface area (Å²) in [6.45, 7) is 0. The summed E-state index contributed by atoms with van der Waals surface area (Å²) in [6.07, 6.45) is 2.61. The van der Waals surface area contributed by atoms with Gasteiger partial charge < -0.3 is 4.90 Å². The van der Waals surface area contributed by atoms with Crippen LogP contribution < -0.4 is 4.90 Å². The Bertz CT molecular complexity index is 1470. The highest BCUT2D eigenvalue weighted by molar-refractivity contribution is 6.33. The van der Waals surface area contributed by atoms with E-state index in [0.29, 0.717) is 10.8 Å². The molecule has 0 unspecified atom stereocenters. The van der Waals surface area contributed by atoms with Crippen molar-refractivity contribution in [3.63, 3.8) is 0 Å². The normalized spacial score (nSPS) is 13.7. The molecule has 0 saturated heterocycles. The second-order valence-corrected chi connectivity index (χ2v) is 8.92. The minimum absolute atomic E-state index is 0.285. The van der Waals surface area contributed by atoms with Gasteiger partial charge in [0.25, 0.3) is 5.78 Å². The largest absolute Gasteiger partial charge is 0.327 e. The maximum Gasteiger partial charge on any atom is 0.258 e. The van der Waals surface area contributed by atoms with Crippen LogP contribution in [0.15, 0.2) is 66.7 Å². The van der Waals surface area contributed by atoms with Crippen molar-refractivity contribution in [2.24, 2.45) is 0 Å². The number of nitrogens with zero attached hydrogens (tertiary/aromatic N) is 5. The van der Waals surface area contributed by atoms with E-state index in [1.165, 1.54) is 24.0 Å². The minimum Gasteiger partial charge on any atom is -0.327 e. The Morgan fingerprint density at radius 2 is 1.66 bits per heavy atom. The van der Waals surface area contributed by atoms with Gasteiger partial charge in [0.15, 0.2) is 0 Å². The minimum atomic E-state index is 0.285. The lowest BCUT2D eigenvalue weighted by atomic mass is 10.0. The van der Waals surface area contributed by atoms with Crippen molar-refractivity contribution < 1.29 is 0 Å². The molecule has 3 aromatic carbocycles. The molecule has 0 amide bonds. The molecule has 158 valence electrons. The highest BCUT2D eigenvalue weighted by Gasteiger charge is 2.23. The highest BCUT2D eigenvalue weighted by atomic mass is 35.5. The Hall–Kier alpha value is -3.15. The number of rotatable bonds is 4. The molecular weight excluding hydrogens is 441 g/mol. The Labute approximate surface area is 195 Å². The molecule has 1 fully saturated rings. The summed E-state index contributed by atoms with van der Waals surface area (Å²) in [4.78, 5) is 6.75. The quantitative estimate of drug-likeness (QED) is 0.293. The molecule has 6 rings (SSSR count). The van der Waals surface area contributed by atoms with Gasteiger partial charge in [-0.3, -0.25) is 0 Å². The Balaban J connectivity index is 1.46. The average molecular weight is 460 g/mol. The van der Waals surface area contributed by atoms with Crippen molar-refractivity contribution >= 4 is 51.4 Å². The van der Waals surface area contributed by atoms with Crippen LogP contribution in [0.1, 0.15) is 24.3 Å². The third kappa shape index (κ3) is 3.20. The fourth-order valence-corrected chi connectivity index (χ4v) is 4.68. The van der Waals surface area contributed by atoms with E-state index in [0.717, 1.165) is 33.9 Å². The lowest BCUT2D eigenvalue weighted by Crippen LogP contribution is -2.13. The Morgan fingerprint density at radius 1 is 0.906 bits per heavy atom. The van der Waals surface area contributed by atoms with Crippen molar-refractivity contribution in [3.05, 3.63) is 82.6 Å². The molecule has 7 heteroatoms. The van der Waals surface area contributed by atoms with Crippen LogP contribution in [-0.2, 0) is 0 Å². The van der Waals surface area contributed by atoms with Gasteiger partial charge in [-0.05, 0) is 71.3 Å². The topological polar surface area (TPSA) is 46.3 Å². The molecule has 0 radical (unpaired) electrons. The summed E-state index contributed by atoms with van der Waals surface area (Å²) < 4.78 is 1.74. The predicted molar refractivity (Wildman–Crippen MR) is 130 cm³/mol. The van der Waals surface area contributed by atoms with Crippen molar-refractivity contribution in [2.75, 3.05) is 11.9 Å². The first kappa shape index (κ1) is 19.5. The number of hydrogen-bond acceptors (Lipinski definition) is 4. The first-order valence-electron chi connectivity index (χ1n) is 10.5. The molecule has 5 aromatic rings. The van der Waals surface area contributed by atoms with E-state index in [2.05, 4.69) is 46.6 Å². The summed E-state index contributed by atoms with van der Waals surface area (Å²) in [7, 11) is 1.96. The molecule has 0 atom stereocenters. The maximum absolute atomic E-state index is 6.65. The number of aromatic nitrogens is 4. The van der Waals surface area contributed by atoms with E-state index in [4.69, 9.17) is 28.2 Å². The van der Waals surface area contributed by atoms with Crippen molar-refractivity contribution in [1.82, 2.24) is 19.6 Å². The molecule has 1 saturated carbocycles. The number of para-hydroxylation sites is 1. The van der Waals surface area contributed by atoms with E-state index in [1.54, 1.807) is 4.40 Å². The predicted octanol–water partition coefficient (Wildman–Crippen LogP) is 6.90. The van der Waals surface area contributed by atoms with Crippen LogP contribution in [0.2, 0.25) is 10.3 Å². The van der Waals surface area contributed by atoms with Gasteiger partial charge in [-0.15, -0.1) is 10.2 Å². The molecule has 0 aliphatic heterocycles. The molecule has 1 aliphatic rings. The highest BCUT2D eigenvalue weighted by Crippen LogP contribution is 2.41. The number of anilines is 2. The van der Waals surface area contributed by atoms with E-state index in [-0.39, 0.29) is 5.28 Å². The molecule has 2 aromatic heterocycles. The smallest absolute Gasteiger partial charge is 0.258 e. The third-order valence-electron chi connectivity index (χ3n) is 6.12. The van der Waals surface area contributed by atoms with Crippen LogP contribution in [0.5, 0.6) is 0 Å². The zero-order chi connectivity index (χ0) is 21.8. The number of benzene rings is 3. The third-order valence-corrected chi connectivity index (χ3v) is 6.68. The standard InChI is InChI=1S/C25H19Cl2N5/c1-31(23-19-4-2-3-5-21(19)32-24(27)29-30-25(32)28-23)22-14-18(12-13-20(22)26)17-10-8-16(9-11-17)15-6-7-15/h2-5,8-15H,6-7H2,1H3. The van der Waals surface area contributed by atoms with Gasteiger partial charge in [0.2, 0.25) is 5.28 Å². The Morgan fingerprint density at radius 3 is 2.44 bits per heavy atom. The Kier molecular flexibility index (Phi) is 4.56. The molecule has 2 heterocycles. The molecule has 0 bridgehead atoms. The van der Waals surface area contributed by atoms with Crippen LogP contribution in [0.4, 0.5) is 11.5 Å². The molecule has 5 nitrogen and oxygen atoms in total. The van der Waals surface area contributed by atoms with Gasteiger partial charge >= 0.3 is 0 Å². The molecule has 0 spiro atoms. The molecule has 1 aliphatic carbocycles. The van der Waals surface area contributed by atoms with Crippen molar-refractivity contribution in [2.45, 2.75) is 18.8 Å². The van der Waals surface area contributed by atoms with Crippen LogP contribution in [0, 0.1) is 0 Å². The first-order valence-corrected chi connectivity index (χ1v) is 11.3. The molecular formula is C25H19Cl2N5. The van der Waals surface area contributed by atoms with Gasteiger partial charge in [0.1, 0.15) is 5.82 Å². The van der Waals surface area contributed by atoms with Crippen LogP contribution in [0.3, 0.4) is 0 Å². The van der Waals surface area contributed by atoms with Gasteiger partial charge in [0.05, 0.1) is 16.2 Å². The summed E-state index contributed by atoms with van der Waals surface area (Å²) in [5.41, 5.74) is 5.45. The maximum atomic E-state index is 6.65. The van der Waals surface area contributed by atoms with E-state index in [1.807, 2.05) is 42.3 Å². The van der Waals surface area contributed by atoms with Crippen LogP contribution in [-0.4, -0.2) is 26.6 Å². The average Bonchev–Trinajstić information content (AvgIpc) is 3.61. The van der Waals surface area contributed by atoms with Crippen molar-refractivity contribution in [1.29, 1.82) is 0 Å². The van der Waals surface area contributed by atoms with E-state index in [9.17, 15) is 0 Å². The lowest BCUT2D eigenvalue weighted by Gasteiger charge is -2.22. The zero-order valence-corrected chi connectivity index (χ0v) is 18.8. The summed E-state index contributed by atoms with van der Waals surface area (Å²) in [5, 5.41) is 9.98.